The van der Waals surface area contributed by atoms with Gasteiger partial charge in [-0.3, -0.25) is 4.98 Å². The fourth-order valence-corrected chi connectivity index (χ4v) is 1.94. The van der Waals surface area contributed by atoms with Crippen LogP contribution in [0.15, 0.2) is 35.4 Å². The number of rotatable bonds is 2. The smallest absolute Gasteiger partial charge is 0.142 e. The fourth-order valence-electron chi connectivity index (χ4n) is 1.53. The highest BCUT2D eigenvalue weighted by molar-refractivity contribution is 7.98. The summed E-state index contributed by atoms with van der Waals surface area (Å²) < 4.78 is 0. The average molecular weight is 231 g/mol. The Labute approximate surface area is 99.1 Å². The van der Waals surface area contributed by atoms with Crippen LogP contribution in [0.4, 0.5) is 5.82 Å². The minimum Gasteiger partial charge on any atom is -0.382 e. The maximum atomic E-state index is 5.57. The third kappa shape index (κ3) is 2.17. The molecule has 0 bridgehead atoms. The van der Waals surface area contributed by atoms with Crippen molar-refractivity contribution in [3.8, 4) is 11.3 Å². The summed E-state index contributed by atoms with van der Waals surface area (Å²) in [5.74, 6) is 0.460. The Morgan fingerprint density at radius 3 is 2.44 bits per heavy atom. The van der Waals surface area contributed by atoms with Gasteiger partial charge in [0, 0.05) is 10.5 Å². The Balaban J connectivity index is 2.42. The van der Waals surface area contributed by atoms with Crippen LogP contribution in [-0.4, -0.2) is 16.2 Å². The summed E-state index contributed by atoms with van der Waals surface area (Å²) in [5, 5.41) is 0. The standard InChI is InChI=1S/C12H13N3S/c1-8-12(14-7-11(13)15-8)9-3-5-10(16-2)6-4-9/h3-7H,1-2H3,(H2,13,15). The van der Waals surface area contributed by atoms with E-state index < -0.39 is 0 Å². The molecule has 0 aliphatic carbocycles. The molecule has 82 valence electrons. The summed E-state index contributed by atoms with van der Waals surface area (Å²) >= 11 is 1.72. The SMILES string of the molecule is CSc1ccc(-c2ncc(N)nc2C)cc1. The zero-order valence-electron chi connectivity index (χ0n) is 9.27. The second-order valence-corrected chi connectivity index (χ2v) is 4.34. The molecular weight excluding hydrogens is 218 g/mol. The first-order chi connectivity index (χ1) is 7.70. The van der Waals surface area contributed by atoms with Crippen LogP contribution in [0, 0.1) is 6.92 Å². The van der Waals surface area contributed by atoms with Crippen LogP contribution in [0.1, 0.15) is 5.69 Å². The van der Waals surface area contributed by atoms with Crippen molar-refractivity contribution in [1.82, 2.24) is 9.97 Å². The molecule has 0 radical (unpaired) electrons. The molecule has 0 aliphatic heterocycles. The molecule has 0 unspecified atom stereocenters. The van der Waals surface area contributed by atoms with E-state index in [9.17, 15) is 0 Å². The maximum absolute atomic E-state index is 5.57. The second-order valence-electron chi connectivity index (χ2n) is 3.46. The molecule has 16 heavy (non-hydrogen) atoms. The average Bonchev–Trinajstić information content (AvgIpc) is 2.29. The Morgan fingerprint density at radius 2 is 1.88 bits per heavy atom. The Hall–Kier alpha value is -1.55. The normalized spacial score (nSPS) is 10.4. The van der Waals surface area contributed by atoms with Gasteiger partial charge in [0.25, 0.3) is 0 Å². The van der Waals surface area contributed by atoms with Crippen LogP contribution in [0.5, 0.6) is 0 Å². The molecule has 3 nitrogen and oxygen atoms in total. The fraction of sp³-hybridized carbons (Fsp3) is 0.167. The van der Waals surface area contributed by atoms with Gasteiger partial charge >= 0.3 is 0 Å². The lowest BCUT2D eigenvalue weighted by molar-refractivity contribution is 1.13. The van der Waals surface area contributed by atoms with Crippen molar-refractivity contribution in [3.63, 3.8) is 0 Å². The number of aryl methyl sites for hydroxylation is 1. The summed E-state index contributed by atoms with van der Waals surface area (Å²) in [7, 11) is 0. The van der Waals surface area contributed by atoms with Gasteiger partial charge in [0.15, 0.2) is 0 Å². The monoisotopic (exact) mass is 231 g/mol. The van der Waals surface area contributed by atoms with Gasteiger partial charge in [-0.15, -0.1) is 11.8 Å². The van der Waals surface area contributed by atoms with Gasteiger partial charge in [-0.2, -0.15) is 0 Å². The third-order valence-corrected chi connectivity index (χ3v) is 3.07. The number of thioether (sulfide) groups is 1. The number of nitrogens with two attached hydrogens (primary N) is 1. The van der Waals surface area contributed by atoms with Gasteiger partial charge in [-0.25, -0.2) is 4.98 Å². The van der Waals surface area contributed by atoms with Gasteiger partial charge < -0.3 is 5.73 Å². The van der Waals surface area contributed by atoms with E-state index in [1.165, 1.54) is 4.90 Å². The quantitative estimate of drug-likeness (QED) is 0.807. The predicted molar refractivity (Wildman–Crippen MR) is 68.4 cm³/mol. The van der Waals surface area contributed by atoms with Crippen molar-refractivity contribution < 1.29 is 0 Å². The minimum absolute atomic E-state index is 0.460. The summed E-state index contributed by atoms with van der Waals surface area (Å²) in [4.78, 5) is 9.75. The lowest BCUT2D eigenvalue weighted by atomic mass is 10.1. The lowest BCUT2D eigenvalue weighted by Crippen LogP contribution is -1.97. The van der Waals surface area contributed by atoms with Crippen molar-refractivity contribution in [1.29, 1.82) is 0 Å². The van der Waals surface area contributed by atoms with Crippen LogP contribution >= 0.6 is 11.8 Å². The van der Waals surface area contributed by atoms with Gasteiger partial charge in [0.05, 0.1) is 17.6 Å². The molecule has 1 heterocycles. The van der Waals surface area contributed by atoms with E-state index in [-0.39, 0.29) is 0 Å². The van der Waals surface area contributed by atoms with Gasteiger partial charge in [-0.05, 0) is 25.3 Å². The van der Waals surface area contributed by atoms with E-state index in [1.807, 2.05) is 6.92 Å². The Bertz CT molecular complexity index is 494. The summed E-state index contributed by atoms with van der Waals surface area (Å²) in [5.41, 5.74) is 8.40. The van der Waals surface area contributed by atoms with Gasteiger partial charge in [-0.1, -0.05) is 12.1 Å². The van der Waals surface area contributed by atoms with Crippen LogP contribution in [0.3, 0.4) is 0 Å². The van der Waals surface area contributed by atoms with Crippen LogP contribution in [0.2, 0.25) is 0 Å². The van der Waals surface area contributed by atoms with E-state index in [2.05, 4.69) is 40.5 Å². The molecule has 2 N–H and O–H groups in total. The highest BCUT2D eigenvalue weighted by atomic mass is 32.2. The predicted octanol–water partition coefficient (Wildman–Crippen LogP) is 2.76. The molecule has 0 amide bonds. The summed E-state index contributed by atoms with van der Waals surface area (Å²) in [6.45, 7) is 1.92. The largest absolute Gasteiger partial charge is 0.382 e. The van der Waals surface area contributed by atoms with Crippen molar-refractivity contribution in [2.75, 3.05) is 12.0 Å². The molecule has 1 aromatic heterocycles. The molecule has 0 saturated heterocycles. The van der Waals surface area contributed by atoms with Crippen molar-refractivity contribution >= 4 is 17.6 Å². The van der Waals surface area contributed by atoms with Crippen LogP contribution in [-0.2, 0) is 0 Å². The molecular formula is C12H13N3S. The second kappa shape index (κ2) is 4.53. The number of anilines is 1. The van der Waals surface area contributed by atoms with Gasteiger partial charge in [0.1, 0.15) is 5.82 Å². The van der Waals surface area contributed by atoms with E-state index in [0.29, 0.717) is 5.82 Å². The molecule has 0 saturated carbocycles. The molecule has 2 aromatic rings. The summed E-state index contributed by atoms with van der Waals surface area (Å²) in [6, 6.07) is 8.27. The number of hydrogen-bond donors (Lipinski definition) is 1. The molecule has 0 atom stereocenters. The Morgan fingerprint density at radius 1 is 1.19 bits per heavy atom. The topological polar surface area (TPSA) is 51.8 Å². The van der Waals surface area contributed by atoms with E-state index in [0.717, 1.165) is 17.0 Å². The molecule has 4 heteroatoms. The number of nitrogens with zero attached hydrogens (tertiary/aromatic N) is 2. The first kappa shape index (κ1) is 11.0. The molecule has 1 aromatic carbocycles. The van der Waals surface area contributed by atoms with Crippen LogP contribution < -0.4 is 5.73 Å². The number of hydrogen-bond acceptors (Lipinski definition) is 4. The third-order valence-electron chi connectivity index (χ3n) is 2.33. The molecule has 0 aliphatic rings. The molecule has 0 spiro atoms. The zero-order chi connectivity index (χ0) is 11.5. The van der Waals surface area contributed by atoms with E-state index in [1.54, 1.807) is 18.0 Å². The molecule has 2 rings (SSSR count). The minimum atomic E-state index is 0.460. The molecule has 0 fully saturated rings. The van der Waals surface area contributed by atoms with Crippen molar-refractivity contribution in [2.45, 2.75) is 11.8 Å². The zero-order valence-corrected chi connectivity index (χ0v) is 10.1. The maximum Gasteiger partial charge on any atom is 0.142 e. The first-order valence-corrected chi connectivity index (χ1v) is 6.16. The summed E-state index contributed by atoms with van der Waals surface area (Å²) in [6.07, 6.45) is 3.65. The number of nitrogen functional groups attached to an aromatic ring is 1. The van der Waals surface area contributed by atoms with Crippen molar-refractivity contribution in [3.05, 3.63) is 36.2 Å². The Kier molecular flexibility index (Phi) is 3.10. The first-order valence-electron chi connectivity index (χ1n) is 4.94. The number of aromatic nitrogens is 2. The van der Waals surface area contributed by atoms with Crippen LogP contribution in [0.25, 0.3) is 11.3 Å². The highest BCUT2D eigenvalue weighted by Crippen LogP contribution is 2.23. The van der Waals surface area contributed by atoms with Crippen molar-refractivity contribution in [2.24, 2.45) is 0 Å². The highest BCUT2D eigenvalue weighted by Gasteiger charge is 2.04. The van der Waals surface area contributed by atoms with E-state index >= 15 is 0 Å². The van der Waals surface area contributed by atoms with Gasteiger partial charge in [0.2, 0.25) is 0 Å². The number of benzene rings is 1. The van der Waals surface area contributed by atoms with E-state index in [4.69, 9.17) is 5.73 Å². The lowest BCUT2D eigenvalue weighted by Gasteiger charge is -2.05.